The standard InChI is InChI=1S/C10H14O4/c1-5-3-4-6(2)8(10(13)14)7(5)9(11)12/h3-8H,1-2H3,(H,11,12)(H,13,14)/t5?,6?,7-,8-/m0/s1. The number of carbonyl (C=O) groups is 2. The minimum absolute atomic E-state index is 0.218. The van der Waals surface area contributed by atoms with Gasteiger partial charge in [0.25, 0.3) is 0 Å². The van der Waals surface area contributed by atoms with Crippen molar-refractivity contribution in [3.63, 3.8) is 0 Å². The van der Waals surface area contributed by atoms with E-state index in [0.29, 0.717) is 0 Å². The summed E-state index contributed by atoms with van der Waals surface area (Å²) in [6.07, 6.45) is 3.56. The first-order valence-electron chi connectivity index (χ1n) is 4.59. The van der Waals surface area contributed by atoms with E-state index in [-0.39, 0.29) is 11.8 Å². The van der Waals surface area contributed by atoms with Gasteiger partial charge in [0.15, 0.2) is 0 Å². The van der Waals surface area contributed by atoms with Crippen LogP contribution in [0.25, 0.3) is 0 Å². The van der Waals surface area contributed by atoms with Gasteiger partial charge < -0.3 is 10.2 Å². The number of hydrogen-bond acceptors (Lipinski definition) is 2. The van der Waals surface area contributed by atoms with Gasteiger partial charge in [0.05, 0.1) is 11.8 Å². The number of aliphatic carboxylic acids is 2. The zero-order chi connectivity index (χ0) is 10.9. The molecule has 0 bridgehead atoms. The lowest BCUT2D eigenvalue weighted by molar-refractivity contribution is -0.157. The fourth-order valence-electron chi connectivity index (χ4n) is 2.00. The van der Waals surface area contributed by atoms with Crippen LogP contribution in [0.15, 0.2) is 12.2 Å². The van der Waals surface area contributed by atoms with Crippen molar-refractivity contribution in [1.82, 2.24) is 0 Å². The molecule has 0 aliphatic heterocycles. The molecule has 1 aliphatic carbocycles. The van der Waals surface area contributed by atoms with Crippen molar-refractivity contribution in [1.29, 1.82) is 0 Å². The molecule has 78 valence electrons. The van der Waals surface area contributed by atoms with E-state index in [1.807, 2.05) is 0 Å². The maximum Gasteiger partial charge on any atom is 0.307 e. The molecule has 14 heavy (non-hydrogen) atoms. The highest BCUT2D eigenvalue weighted by molar-refractivity contribution is 5.81. The lowest BCUT2D eigenvalue weighted by Crippen LogP contribution is -2.39. The summed E-state index contributed by atoms with van der Waals surface area (Å²) in [7, 11) is 0. The Balaban J connectivity index is 3.02. The summed E-state index contributed by atoms with van der Waals surface area (Å²) in [6, 6.07) is 0. The molecule has 0 radical (unpaired) electrons. The molecule has 0 saturated carbocycles. The van der Waals surface area contributed by atoms with E-state index in [4.69, 9.17) is 10.2 Å². The average Bonchev–Trinajstić information content (AvgIpc) is 2.07. The van der Waals surface area contributed by atoms with Gasteiger partial charge in [-0.2, -0.15) is 0 Å². The molecule has 0 amide bonds. The summed E-state index contributed by atoms with van der Waals surface area (Å²) in [5.41, 5.74) is 0. The Hall–Kier alpha value is -1.32. The highest BCUT2D eigenvalue weighted by Gasteiger charge is 2.41. The third-order valence-corrected chi connectivity index (χ3v) is 2.81. The summed E-state index contributed by atoms with van der Waals surface area (Å²) in [4.78, 5) is 21.9. The highest BCUT2D eigenvalue weighted by Crippen LogP contribution is 2.34. The molecule has 0 saturated heterocycles. The smallest absolute Gasteiger partial charge is 0.307 e. The molecular formula is C10H14O4. The molecule has 0 aromatic carbocycles. The van der Waals surface area contributed by atoms with E-state index in [1.54, 1.807) is 26.0 Å². The molecule has 4 heteroatoms. The predicted molar refractivity (Wildman–Crippen MR) is 49.7 cm³/mol. The van der Waals surface area contributed by atoms with Crippen molar-refractivity contribution in [2.24, 2.45) is 23.7 Å². The minimum atomic E-state index is -1.03. The van der Waals surface area contributed by atoms with E-state index >= 15 is 0 Å². The number of carboxylic acids is 2. The third kappa shape index (κ3) is 1.78. The van der Waals surface area contributed by atoms with Crippen molar-refractivity contribution in [2.45, 2.75) is 13.8 Å². The van der Waals surface area contributed by atoms with Gasteiger partial charge in [0.2, 0.25) is 0 Å². The monoisotopic (exact) mass is 198 g/mol. The molecular weight excluding hydrogens is 184 g/mol. The molecule has 0 aromatic rings. The Morgan fingerprint density at radius 3 is 1.43 bits per heavy atom. The number of hydrogen-bond donors (Lipinski definition) is 2. The predicted octanol–water partition coefficient (Wildman–Crippen LogP) is 1.23. The second kappa shape index (κ2) is 3.82. The second-order valence-corrected chi connectivity index (χ2v) is 3.83. The molecule has 4 nitrogen and oxygen atoms in total. The largest absolute Gasteiger partial charge is 0.481 e. The van der Waals surface area contributed by atoms with Crippen molar-refractivity contribution in [3.8, 4) is 0 Å². The van der Waals surface area contributed by atoms with Crippen LogP contribution in [0.5, 0.6) is 0 Å². The first-order valence-corrected chi connectivity index (χ1v) is 4.59. The van der Waals surface area contributed by atoms with Gasteiger partial charge in [-0.15, -0.1) is 0 Å². The fraction of sp³-hybridized carbons (Fsp3) is 0.600. The summed E-state index contributed by atoms with van der Waals surface area (Å²) in [6.45, 7) is 3.47. The summed E-state index contributed by atoms with van der Waals surface area (Å²) in [5, 5.41) is 17.9. The SMILES string of the molecule is CC1C=CC(C)[C@H](C(=O)O)[C@H]1C(=O)O. The quantitative estimate of drug-likeness (QED) is 0.654. The van der Waals surface area contributed by atoms with Crippen molar-refractivity contribution < 1.29 is 19.8 Å². The minimum Gasteiger partial charge on any atom is -0.481 e. The molecule has 1 aliphatic rings. The van der Waals surface area contributed by atoms with Gasteiger partial charge >= 0.3 is 11.9 Å². The van der Waals surface area contributed by atoms with Crippen LogP contribution >= 0.6 is 0 Å². The zero-order valence-corrected chi connectivity index (χ0v) is 8.18. The maximum atomic E-state index is 10.9. The Bertz CT molecular complexity index is 254. The van der Waals surface area contributed by atoms with Gasteiger partial charge in [-0.05, 0) is 11.8 Å². The Labute approximate surface area is 82.2 Å². The van der Waals surface area contributed by atoms with Crippen LogP contribution in [0.1, 0.15) is 13.8 Å². The van der Waals surface area contributed by atoms with Gasteiger partial charge in [0.1, 0.15) is 0 Å². The lowest BCUT2D eigenvalue weighted by Gasteiger charge is -2.31. The van der Waals surface area contributed by atoms with E-state index in [2.05, 4.69) is 0 Å². The van der Waals surface area contributed by atoms with Crippen LogP contribution in [-0.4, -0.2) is 22.2 Å². The van der Waals surface area contributed by atoms with Crippen LogP contribution in [-0.2, 0) is 9.59 Å². The number of allylic oxidation sites excluding steroid dienone is 2. The first-order chi connectivity index (χ1) is 6.45. The maximum absolute atomic E-state index is 10.9. The van der Waals surface area contributed by atoms with E-state index < -0.39 is 23.8 Å². The average molecular weight is 198 g/mol. The van der Waals surface area contributed by atoms with E-state index in [0.717, 1.165) is 0 Å². The molecule has 0 spiro atoms. The number of rotatable bonds is 2. The summed E-state index contributed by atoms with van der Waals surface area (Å²) < 4.78 is 0. The van der Waals surface area contributed by atoms with Gasteiger partial charge in [0, 0.05) is 0 Å². The van der Waals surface area contributed by atoms with Crippen molar-refractivity contribution in [2.75, 3.05) is 0 Å². The molecule has 0 heterocycles. The van der Waals surface area contributed by atoms with Crippen LogP contribution in [0.2, 0.25) is 0 Å². The van der Waals surface area contributed by atoms with Gasteiger partial charge in [-0.1, -0.05) is 26.0 Å². The Kier molecular flexibility index (Phi) is 2.93. The topological polar surface area (TPSA) is 74.6 Å². The lowest BCUT2D eigenvalue weighted by atomic mass is 9.72. The van der Waals surface area contributed by atoms with E-state index in [1.165, 1.54) is 0 Å². The molecule has 4 atom stereocenters. The highest BCUT2D eigenvalue weighted by atomic mass is 16.4. The van der Waals surface area contributed by atoms with Gasteiger partial charge in [-0.25, -0.2) is 0 Å². The van der Waals surface area contributed by atoms with Gasteiger partial charge in [-0.3, -0.25) is 9.59 Å². The Morgan fingerprint density at radius 1 is 0.929 bits per heavy atom. The van der Waals surface area contributed by atoms with Crippen molar-refractivity contribution in [3.05, 3.63) is 12.2 Å². The van der Waals surface area contributed by atoms with Crippen molar-refractivity contribution >= 4 is 11.9 Å². The van der Waals surface area contributed by atoms with Crippen LogP contribution in [0.3, 0.4) is 0 Å². The van der Waals surface area contributed by atoms with Crippen LogP contribution in [0.4, 0.5) is 0 Å². The van der Waals surface area contributed by atoms with Crippen LogP contribution in [0, 0.1) is 23.7 Å². The first kappa shape index (κ1) is 10.8. The Morgan fingerprint density at radius 2 is 1.21 bits per heavy atom. The number of carboxylic acid groups (broad SMARTS) is 2. The second-order valence-electron chi connectivity index (χ2n) is 3.83. The summed E-state index contributed by atoms with van der Waals surface area (Å²) in [5.74, 6) is -4.11. The molecule has 2 N–H and O–H groups in total. The zero-order valence-electron chi connectivity index (χ0n) is 8.18. The molecule has 0 aromatic heterocycles. The molecule has 0 fully saturated rings. The molecule has 1 rings (SSSR count). The van der Waals surface area contributed by atoms with Crippen LogP contribution < -0.4 is 0 Å². The van der Waals surface area contributed by atoms with E-state index in [9.17, 15) is 9.59 Å². The fourth-order valence-corrected chi connectivity index (χ4v) is 2.00. The third-order valence-electron chi connectivity index (χ3n) is 2.81. The molecule has 2 unspecified atom stereocenters. The summed E-state index contributed by atoms with van der Waals surface area (Å²) >= 11 is 0. The normalized spacial score (nSPS) is 36.7.